The fraction of sp³-hybridized carbons (Fsp3) is 0.552. The number of piperidine rings is 3. The lowest BCUT2D eigenvalue weighted by Gasteiger charge is -2.44. The molecular formula is C29H38N2O3. The molecule has 4 aliphatic rings. The fourth-order valence-electron chi connectivity index (χ4n) is 6.41. The zero-order valence-electron chi connectivity index (χ0n) is 20.8. The van der Waals surface area contributed by atoms with E-state index in [1.165, 1.54) is 22.3 Å². The molecule has 1 N–H and O–H groups in total. The van der Waals surface area contributed by atoms with Crippen LogP contribution in [0.25, 0.3) is 11.1 Å². The van der Waals surface area contributed by atoms with Crippen molar-refractivity contribution >= 4 is 6.09 Å². The average molecular weight is 463 g/mol. The number of ether oxygens (including phenoxy) is 2. The van der Waals surface area contributed by atoms with Gasteiger partial charge in [-0.1, -0.05) is 44.2 Å². The van der Waals surface area contributed by atoms with Gasteiger partial charge in [-0.15, -0.1) is 0 Å². The molecule has 1 unspecified atom stereocenters. The van der Waals surface area contributed by atoms with Crippen LogP contribution in [0, 0.1) is 11.3 Å². The largest absolute Gasteiger partial charge is 0.494 e. The first kappa shape index (κ1) is 23.2. The summed E-state index contributed by atoms with van der Waals surface area (Å²) in [5, 5.41) is 3.32. The molecule has 3 aliphatic heterocycles. The predicted molar refractivity (Wildman–Crippen MR) is 135 cm³/mol. The number of alkyl carbamates (subject to hydrolysis) is 1. The normalized spacial score (nSPS) is 26.7. The first-order chi connectivity index (χ1) is 16.5. The van der Waals surface area contributed by atoms with Crippen LogP contribution in [0.4, 0.5) is 4.79 Å². The number of hydrogen-bond acceptors (Lipinski definition) is 4. The summed E-state index contributed by atoms with van der Waals surface area (Å²) in [5.74, 6) is 1.42. The number of fused-ring (bicyclic) bond motifs is 4. The second-order valence-electron chi connectivity index (χ2n) is 10.3. The molecule has 2 aromatic carbocycles. The maximum atomic E-state index is 13.1. The molecule has 1 amide bonds. The molecule has 0 aromatic heterocycles. The summed E-state index contributed by atoms with van der Waals surface area (Å²) < 4.78 is 11.6. The molecule has 6 rings (SSSR count). The Hall–Kier alpha value is -2.53. The Bertz CT molecular complexity index is 1010. The van der Waals surface area contributed by atoms with Crippen molar-refractivity contribution in [3.63, 3.8) is 0 Å². The van der Waals surface area contributed by atoms with E-state index in [9.17, 15) is 4.79 Å². The average Bonchev–Trinajstić information content (AvgIpc) is 3.18. The van der Waals surface area contributed by atoms with Gasteiger partial charge in [-0.3, -0.25) is 4.90 Å². The highest BCUT2D eigenvalue weighted by molar-refractivity contribution is 5.70. The number of hydrogen-bond donors (Lipinski definition) is 1. The van der Waals surface area contributed by atoms with Crippen LogP contribution in [0.1, 0.15) is 63.6 Å². The summed E-state index contributed by atoms with van der Waals surface area (Å²) in [6.45, 7) is 10.3. The van der Waals surface area contributed by atoms with E-state index in [0.717, 1.165) is 57.5 Å². The Kier molecular flexibility index (Phi) is 6.57. The number of nitrogens with one attached hydrogen (secondary N) is 1. The van der Waals surface area contributed by atoms with E-state index in [0.29, 0.717) is 12.5 Å². The number of nitrogens with zero attached hydrogens (tertiary/aromatic N) is 1. The highest BCUT2D eigenvalue weighted by Gasteiger charge is 2.45. The van der Waals surface area contributed by atoms with Gasteiger partial charge in [0.25, 0.3) is 0 Å². The SMILES string of the molecule is CCOc1ccc(-c2ccc3c(c2)CC(CC)(CC)C3NC(=O)O[C@H]2CN3CCC2CC3)cc1. The van der Waals surface area contributed by atoms with Gasteiger partial charge in [-0.25, -0.2) is 4.79 Å². The maximum absolute atomic E-state index is 13.1. The molecule has 0 radical (unpaired) electrons. The maximum Gasteiger partial charge on any atom is 0.407 e. The fourth-order valence-corrected chi connectivity index (χ4v) is 6.41. The van der Waals surface area contributed by atoms with Crippen LogP contribution < -0.4 is 10.1 Å². The molecular weight excluding hydrogens is 424 g/mol. The summed E-state index contributed by atoms with van der Waals surface area (Å²) >= 11 is 0. The Morgan fingerprint density at radius 2 is 1.74 bits per heavy atom. The lowest BCUT2D eigenvalue weighted by atomic mass is 9.76. The van der Waals surface area contributed by atoms with Crippen molar-refractivity contribution in [3.05, 3.63) is 53.6 Å². The quantitative estimate of drug-likeness (QED) is 0.550. The van der Waals surface area contributed by atoms with Gasteiger partial charge in [-0.05, 0) is 97.8 Å². The van der Waals surface area contributed by atoms with Crippen LogP contribution in [0.2, 0.25) is 0 Å². The van der Waals surface area contributed by atoms with Crippen molar-refractivity contribution in [2.75, 3.05) is 26.2 Å². The first-order valence-electron chi connectivity index (χ1n) is 13.1. The summed E-state index contributed by atoms with van der Waals surface area (Å²) in [5.41, 5.74) is 4.99. The zero-order chi connectivity index (χ0) is 23.7. The van der Waals surface area contributed by atoms with Crippen molar-refractivity contribution in [2.45, 2.75) is 65.0 Å². The number of benzene rings is 2. The second kappa shape index (κ2) is 9.61. The second-order valence-corrected chi connectivity index (χ2v) is 10.3. The number of carbonyl (C=O) groups is 1. The lowest BCUT2D eigenvalue weighted by molar-refractivity contribution is -0.0353. The van der Waals surface area contributed by atoms with Gasteiger partial charge in [0.1, 0.15) is 11.9 Å². The molecule has 2 atom stereocenters. The Labute approximate surface area is 203 Å². The summed E-state index contributed by atoms with van der Waals surface area (Å²) in [6, 6.07) is 15.0. The third-order valence-electron chi connectivity index (χ3n) is 8.63. The van der Waals surface area contributed by atoms with E-state index >= 15 is 0 Å². The highest BCUT2D eigenvalue weighted by Crippen LogP contribution is 2.51. The van der Waals surface area contributed by atoms with Gasteiger partial charge in [-0.2, -0.15) is 0 Å². The first-order valence-corrected chi connectivity index (χ1v) is 13.1. The Morgan fingerprint density at radius 1 is 1.03 bits per heavy atom. The van der Waals surface area contributed by atoms with Gasteiger partial charge in [0.2, 0.25) is 0 Å². The minimum atomic E-state index is -0.251. The standard InChI is InChI=1S/C29H38N2O3/c1-4-29(5-2)18-23-17-22(20-7-10-24(11-8-20)33-6-3)9-12-25(23)27(29)30-28(32)34-26-19-31-15-13-21(26)14-16-31/h7-12,17,21,26-27H,4-6,13-16,18-19H2,1-3H3,(H,30,32)/t26-,27?/m0/s1. The van der Waals surface area contributed by atoms with Crippen LogP contribution in [0.15, 0.2) is 42.5 Å². The molecule has 0 spiro atoms. The van der Waals surface area contributed by atoms with Crippen molar-refractivity contribution in [1.82, 2.24) is 10.2 Å². The van der Waals surface area contributed by atoms with Crippen molar-refractivity contribution < 1.29 is 14.3 Å². The van der Waals surface area contributed by atoms with Crippen LogP contribution in [-0.2, 0) is 11.2 Å². The third-order valence-corrected chi connectivity index (χ3v) is 8.63. The molecule has 182 valence electrons. The van der Waals surface area contributed by atoms with Gasteiger partial charge in [0.05, 0.1) is 12.6 Å². The Balaban J connectivity index is 1.35. The molecule has 2 aromatic rings. The molecule has 3 saturated heterocycles. The van der Waals surface area contributed by atoms with E-state index < -0.39 is 0 Å². The molecule has 0 saturated carbocycles. The minimum absolute atomic E-state index is 0.0135. The smallest absolute Gasteiger partial charge is 0.407 e. The lowest BCUT2D eigenvalue weighted by Crippen LogP contribution is -2.53. The van der Waals surface area contributed by atoms with Crippen molar-refractivity contribution in [1.29, 1.82) is 0 Å². The van der Waals surface area contributed by atoms with E-state index in [4.69, 9.17) is 9.47 Å². The monoisotopic (exact) mass is 462 g/mol. The van der Waals surface area contributed by atoms with Crippen LogP contribution >= 0.6 is 0 Å². The number of carbonyl (C=O) groups excluding carboxylic acids is 1. The van der Waals surface area contributed by atoms with Crippen LogP contribution in [0.3, 0.4) is 0 Å². The number of rotatable bonds is 7. The predicted octanol–water partition coefficient (Wildman–Crippen LogP) is 5.98. The molecule has 34 heavy (non-hydrogen) atoms. The van der Waals surface area contributed by atoms with Crippen molar-refractivity contribution in [3.8, 4) is 16.9 Å². The molecule has 2 bridgehead atoms. The summed E-state index contributed by atoms with van der Waals surface area (Å²) in [7, 11) is 0. The van der Waals surface area contributed by atoms with Gasteiger partial charge >= 0.3 is 6.09 Å². The molecule has 5 heteroatoms. The van der Waals surface area contributed by atoms with Crippen LogP contribution in [0.5, 0.6) is 5.75 Å². The third kappa shape index (κ3) is 4.31. The zero-order valence-corrected chi connectivity index (χ0v) is 20.8. The molecule has 5 nitrogen and oxygen atoms in total. The van der Waals surface area contributed by atoms with E-state index in [1.807, 2.05) is 19.1 Å². The minimum Gasteiger partial charge on any atom is -0.494 e. The van der Waals surface area contributed by atoms with Crippen molar-refractivity contribution in [2.24, 2.45) is 11.3 Å². The van der Waals surface area contributed by atoms with E-state index in [-0.39, 0.29) is 23.7 Å². The molecule has 1 aliphatic carbocycles. The molecule has 3 heterocycles. The Morgan fingerprint density at radius 3 is 2.35 bits per heavy atom. The molecule has 3 fully saturated rings. The van der Waals surface area contributed by atoms with E-state index in [1.54, 1.807) is 0 Å². The topological polar surface area (TPSA) is 50.8 Å². The highest BCUT2D eigenvalue weighted by atomic mass is 16.6. The summed E-state index contributed by atoms with van der Waals surface area (Å²) in [4.78, 5) is 15.5. The van der Waals surface area contributed by atoms with E-state index in [2.05, 4.69) is 54.4 Å². The van der Waals surface area contributed by atoms with Crippen LogP contribution in [-0.4, -0.2) is 43.3 Å². The number of amides is 1. The van der Waals surface area contributed by atoms with Gasteiger partial charge in [0.15, 0.2) is 0 Å². The van der Waals surface area contributed by atoms with Gasteiger partial charge in [0, 0.05) is 6.54 Å². The summed E-state index contributed by atoms with van der Waals surface area (Å²) in [6.07, 6.45) is 5.08. The van der Waals surface area contributed by atoms with Gasteiger partial charge < -0.3 is 14.8 Å².